The van der Waals surface area contributed by atoms with Gasteiger partial charge in [0.15, 0.2) is 6.61 Å². The third-order valence-electron chi connectivity index (χ3n) is 2.80. The summed E-state index contributed by atoms with van der Waals surface area (Å²) >= 11 is 9.07. The summed E-state index contributed by atoms with van der Waals surface area (Å²) in [6.07, 6.45) is 1.37. The van der Waals surface area contributed by atoms with Crippen LogP contribution in [0.2, 0.25) is 5.02 Å². The van der Waals surface area contributed by atoms with E-state index in [0.29, 0.717) is 21.9 Å². The minimum Gasteiger partial charge on any atom is -0.481 e. The lowest BCUT2D eigenvalue weighted by Gasteiger charge is -2.07. The molecule has 0 atom stereocenters. The highest BCUT2D eigenvalue weighted by Gasteiger charge is 2.06. The third kappa shape index (κ3) is 5.36. The molecule has 0 spiro atoms. The van der Waals surface area contributed by atoms with Gasteiger partial charge in [-0.15, -0.1) is 0 Å². The molecule has 2 aromatic rings. The van der Waals surface area contributed by atoms with Crippen LogP contribution in [-0.4, -0.2) is 29.8 Å². The Morgan fingerprint density at radius 1 is 1.25 bits per heavy atom. The van der Waals surface area contributed by atoms with Crippen LogP contribution in [0.5, 0.6) is 5.75 Å². The maximum absolute atomic E-state index is 11.9. The average Bonchev–Trinajstić information content (AvgIpc) is 2.54. The number of hydrazone groups is 1. The first-order valence-electron chi connectivity index (χ1n) is 6.69. The lowest BCUT2D eigenvalue weighted by atomic mass is 10.2. The monoisotopic (exact) mass is 410 g/mol. The van der Waals surface area contributed by atoms with Gasteiger partial charge in [0.2, 0.25) is 0 Å². The van der Waals surface area contributed by atoms with Crippen molar-refractivity contribution in [2.24, 2.45) is 5.10 Å². The molecule has 0 heterocycles. The number of aliphatic carboxylic acids is 1. The van der Waals surface area contributed by atoms with Gasteiger partial charge in [-0.25, -0.2) is 10.2 Å². The Morgan fingerprint density at radius 3 is 2.62 bits per heavy atom. The summed E-state index contributed by atoms with van der Waals surface area (Å²) in [4.78, 5) is 22.5. The molecule has 0 fully saturated rings. The number of rotatable bonds is 6. The van der Waals surface area contributed by atoms with E-state index in [4.69, 9.17) is 21.4 Å². The van der Waals surface area contributed by atoms with E-state index in [0.717, 1.165) is 4.47 Å². The molecule has 0 aliphatic carbocycles. The Hall–Kier alpha value is -2.38. The van der Waals surface area contributed by atoms with Crippen LogP contribution in [0, 0.1) is 0 Å². The molecule has 2 N–H and O–H groups in total. The van der Waals surface area contributed by atoms with Gasteiger partial charge in [-0.2, -0.15) is 5.10 Å². The second-order valence-corrected chi connectivity index (χ2v) is 5.92. The van der Waals surface area contributed by atoms with E-state index in [-0.39, 0.29) is 0 Å². The maximum atomic E-state index is 11.9. The Bertz CT molecular complexity index is 778. The molecule has 2 rings (SSSR count). The van der Waals surface area contributed by atoms with Crippen molar-refractivity contribution in [3.05, 3.63) is 63.1 Å². The van der Waals surface area contributed by atoms with E-state index < -0.39 is 18.5 Å². The van der Waals surface area contributed by atoms with Crippen molar-refractivity contribution in [3.8, 4) is 5.75 Å². The number of hydrogen-bond donors (Lipinski definition) is 2. The number of nitrogens with zero attached hydrogens (tertiary/aromatic N) is 1. The first-order chi connectivity index (χ1) is 11.5. The van der Waals surface area contributed by atoms with Crippen molar-refractivity contribution in [1.82, 2.24) is 5.43 Å². The number of carbonyl (C=O) groups excluding carboxylic acids is 1. The van der Waals surface area contributed by atoms with E-state index in [9.17, 15) is 9.59 Å². The zero-order chi connectivity index (χ0) is 17.5. The fourth-order valence-corrected chi connectivity index (χ4v) is 2.22. The van der Waals surface area contributed by atoms with E-state index in [1.54, 1.807) is 42.5 Å². The normalized spacial score (nSPS) is 10.6. The largest absolute Gasteiger partial charge is 0.481 e. The fraction of sp³-hybridized carbons (Fsp3) is 0.0625. The summed E-state index contributed by atoms with van der Waals surface area (Å²) in [6, 6.07) is 11.4. The predicted molar refractivity (Wildman–Crippen MR) is 93.8 cm³/mol. The minimum atomic E-state index is -1.09. The number of hydrogen-bond acceptors (Lipinski definition) is 4. The first-order valence-corrected chi connectivity index (χ1v) is 7.86. The van der Waals surface area contributed by atoms with Gasteiger partial charge in [-0.1, -0.05) is 27.5 Å². The summed E-state index contributed by atoms with van der Waals surface area (Å²) in [5.41, 5.74) is 3.30. The summed E-state index contributed by atoms with van der Waals surface area (Å²) in [5, 5.41) is 13.1. The van der Waals surface area contributed by atoms with Crippen molar-refractivity contribution in [1.29, 1.82) is 0 Å². The number of ether oxygens (including phenoxy) is 1. The average molecular weight is 412 g/mol. The standard InChI is InChI=1S/C16H12BrClN2O4/c17-12-3-6-14(24-9-15(21)22)11(7-12)8-19-20-16(23)10-1-4-13(18)5-2-10/h1-8H,9H2,(H,20,23)(H,21,22)/b19-8-. The number of amides is 1. The van der Waals surface area contributed by atoms with Crippen LogP contribution in [-0.2, 0) is 4.79 Å². The topological polar surface area (TPSA) is 88.0 Å². The predicted octanol–water partition coefficient (Wildman–Crippen LogP) is 3.33. The number of nitrogens with one attached hydrogen (secondary N) is 1. The molecule has 124 valence electrons. The maximum Gasteiger partial charge on any atom is 0.341 e. The van der Waals surface area contributed by atoms with E-state index in [1.807, 2.05) is 0 Å². The zero-order valence-electron chi connectivity index (χ0n) is 12.2. The van der Waals surface area contributed by atoms with Crippen LogP contribution < -0.4 is 10.2 Å². The smallest absolute Gasteiger partial charge is 0.341 e. The molecule has 0 bridgehead atoms. The summed E-state index contributed by atoms with van der Waals surface area (Å²) in [7, 11) is 0. The number of benzene rings is 2. The van der Waals surface area contributed by atoms with Gasteiger partial charge >= 0.3 is 5.97 Å². The highest BCUT2D eigenvalue weighted by atomic mass is 79.9. The number of carbonyl (C=O) groups is 2. The molecule has 8 heteroatoms. The lowest BCUT2D eigenvalue weighted by Crippen LogP contribution is -2.17. The summed E-state index contributed by atoms with van der Waals surface area (Å²) in [6.45, 7) is -0.473. The van der Waals surface area contributed by atoms with E-state index >= 15 is 0 Å². The molecule has 0 radical (unpaired) electrons. The molecule has 0 aliphatic heterocycles. The Balaban J connectivity index is 2.07. The molecule has 1 amide bonds. The third-order valence-corrected chi connectivity index (χ3v) is 3.54. The highest BCUT2D eigenvalue weighted by molar-refractivity contribution is 9.10. The fourth-order valence-electron chi connectivity index (χ4n) is 1.72. The van der Waals surface area contributed by atoms with Crippen molar-refractivity contribution in [2.75, 3.05) is 6.61 Å². The number of halogens is 2. The number of carboxylic acids is 1. The van der Waals surface area contributed by atoms with E-state index in [1.165, 1.54) is 6.21 Å². The summed E-state index contributed by atoms with van der Waals surface area (Å²) in [5.74, 6) is -1.15. The molecule has 0 aliphatic rings. The second kappa shape index (κ2) is 8.47. The van der Waals surface area contributed by atoms with Crippen LogP contribution in [0.3, 0.4) is 0 Å². The van der Waals surface area contributed by atoms with Crippen LogP contribution in [0.4, 0.5) is 0 Å². The Morgan fingerprint density at radius 2 is 1.96 bits per heavy atom. The zero-order valence-corrected chi connectivity index (χ0v) is 14.5. The van der Waals surface area contributed by atoms with Gasteiger partial charge in [0.05, 0.1) is 6.21 Å². The Labute approximate surface area is 151 Å². The highest BCUT2D eigenvalue weighted by Crippen LogP contribution is 2.21. The molecule has 0 aromatic heterocycles. The molecule has 0 unspecified atom stereocenters. The second-order valence-electron chi connectivity index (χ2n) is 4.57. The first kappa shape index (κ1) is 18.0. The Kier molecular flexibility index (Phi) is 6.34. The van der Waals surface area contributed by atoms with Crippen molar-refractivity contribution >= 4 is 45.6 Å². The van der Waals surface area contributed by atoms with Crippen molar-refractivity contribution in [3.63, 3.8) is 0 Å². The molecular weight excluding hydrogens is 400 g/mol. The van der Waals surface area contributed by atoms with Crippen LogP contribution in [0.15, 0.2) is 52.0 Å². The van der Waals surface area contributed by atoms with Crippen LogP contribution >= 0.6 is 27.5 Å². The van der Waals surface area contributed by atoms with Gasteiger partial charge < -0.3 is 9.84 Å². The van der Waals surface area contributed by atoms with Gasteiger partial charge in [0.25, 0.3) is 5.91 Å². The van der Waals surface area contributed by atoms with Gasteiger partial charge in [-0.05, 0) is 42.5 Å². The van der Waals surface area contributed by atoms with Gasteiger partial charge in [0, 0.05) is 20.6 Å². The van der Waals surface area contributed by atoms with Crippen LogP contribution in [0.25, 0.3) is 0 Å². The molecule has 0 saturated heterocycles. The summed E-state index contributed by atoms with van der Waals surface area (Å²) < 4.78 is 5.93. The SMILES string of the molecule is O=C(O)COc1ccc(Br)cc1/C=N\NC(=O)c1ccc(Cl)cc1. The quantitative estimate of drug-likeness (QED) is 0.564. The van der Waals surface area contributed by atoms with E-state index in [2.05, 4.69) is 26.5 Å². The lowest BCUT2D eigenvalue weighted by molar-refractivity contribution is -0.139. The molecule has 6 nitrogen and oxygen atoms in total. The molecule has 0 saturated carbocycles. The molecule has 24 heavy (non-hydrogen) atoms. The van der Waals surface area contributed by atoms with Crippen molar-refractivity contribution in [2.45, 2.75) is 0 Å². The minimum absolute atomic E-state index is 0.338. The molecular formula is C16H12BrClN2O4. The van der Waals surface area contributed by atoms with Gasteiger partial charge in [0.1, 0.15) is 5.75 Å². The molecule has 2 aromatic carbocycles. The van der Waals surface area contributed by atoms with Gasteiger partial charge in [-0.3, -0.25) is 4.79 Å². The van der Waals surface area contributed by atoms with Crippen LogP contribution in [0.1, 0.15) is 15.9 Å². The number of carboxylic acid groups (broad SMARTS) is 1. The van der Waals surface area contributed by atoms with Crippen molar-refractivity contribution < 1.29 is 19.4 Å².